The van der Waals surface area contributed by atoms with Crippen molar-refractivity contribution in [3.05, 3.63) is 20.2 Å². The first kappa shape index (κ1) is 15.1. The molecule has 0 aliphatic heterocycles. The van der Waals surface area contributed by atoms with Gasteiger partial charge in [-0.3, -0.25) is 0 Å². The van der Waals surface area contributed by atoms with Crippen LogP contribution in [-0.4, -0.2) is 16.6 Å². The highest BCUT2D eigenvalue weighted by Gasteiger charge is 2.30. The van der Waals surface area contributed by atoms with E-state index in [-0.39, 0.29) is 11.5 Å². The highest BCUT2D eigenvalue weighted by molar-refractivity contribution is 14.1. The molecule has 1 aromatic heterocycles. The molecule has 1 unspecified atom stereocenters. The van der Waals surface area contributed by atoms with Crippen LogP contribution in [0.25, 0.3) is 0 Å². The van der Waals surface area contributed by atoms with Crippen molar-refractivity contribution >= 4 is 34.2 Å². The van der Waals surface area contributed by atoms with E-state index < -0.39 is 0 Å². The first-order valence-electron chi connectivity index (χ1n) is 5.58. The molecule has 17 heavy (non-hydrogen) atoms. The van der Waals surface area contributed by atoms with E-state index in [9.17, 15) is 0 Å². The molecule has 0 saturated heterocycles. The number of ether oxygens (including phenoxy) is 1. The average molecular weight is 369 g/mol. The molecule has 1 heterocycles. The number of rotatable bonds is 3. The number of aryl methyl sites for hydroxylation is 1. The summed E-state index contributed by atoms with van der Waals surface area (Å²) in [4.78, 5) is 8.83. The Hall–Kier alpha value is 0.0600. The third-order valence-electron chi connectivity index (χ3n) is 2.35. The third kappa shape index (κ3) is 3.76. The summed E-state index contributed by atoms with van der Waals surface area (Å²) in [7, 11) is 0. The number of aromatic nitrogens is 2. The van der Waals surface area contributed by atoms with Crippen LogP contribution >= 0.6 is 34.2 Å². The Morgan fingerprint density at radius 3 is 2.35 bits per heavy atom. The topological polar surface area (TPSA) is 35.0 Å². The Morgan fingerprint density at radius 2 is 1.94 bits per heavy atom. The quantitative estimate of drug-likeness (QED) is 0.593. The Kier molecular flexibility index (Phi) is 5.16. The Labute approximate surface area is 121 Å². The van der Waals surface area contributed by atoms with E-state index in [0.717, 1.165) is 9.26 Å². The van der Waals surface area contributed by atoms with Crippen LogP contribution < -0.4 is 0 Å². The lowest BCUT2D eigenvalue weighted by Crippen LogP contribution is -2.24. The van der Waals surface area contributed by atoms with Crippen LogP contribution in [0.2, 0.25) is 5.15 Å². The molecular formula is C12H18ClIN2O. The smallest absolute Gasteiger partial charge is 0.159 e. The fraction of sp³-hybridized carbons (Fsp3) is 0.667. The van der Waals surface area contributed by atoms with Crippen molar-refractivity contribution in [2.45, 2.75) is 40.7 Å². The van der Waals surface area contributed by atoms with E-state index in [2.05, 4.69) is 53.3 Å². The van der Waals surface area contributed by atoms with Gasteiger partial charge < -0.3 is 4.74 Å². The van der Waals surface area contributed by atoms with Crippen LogP contribution in [0.4, 0.5) is 0 Å². The molecule has 1 atom stereocenters. The molecule has 1 rings (SSSR count). The van der Waals surface area contributed by atoms with E-state index >= 15 is 0 Å². The normalized spacial score (nSPS) is 13.8. The zero-order valence-electron chi connectivity index (χ0n) is 10.8. The summed E-state index contributed by atoms with van der Waals surface area (Å²) in [6.07, 6.45) is -0.138. The summed E-state index contributed by atoms with van der Waals surface area (Å²) in [6, 6.07) is 0. The summed E-state index contributed by atoms with van der Waals surface area (Å²) in [5.41, 5.74) is 0.841. The Balaban J connectivity index is 3.20. The van der Waals surface area contributed by atoms with Crippen molar-refractivity contribution in [1.82, 2.24) is 9.97 Å². The number of halogens is 2. The summed E-state index contributed by atoms with van der Waals surface area (Å²) >= 11 is 8.25. The minimum Gasteiger partial charge on any atom is -0.370 e. The molecule has 5 heteroatoms. The van der Waals surface area contributed by atoms with E-state index in [1.54, 1.807) is 0 Å². The maximum Gasteiger partial charge on any atom is 0.159 e. The first-order valence-corrected chi connectivity index (χ1v) is 7.04. The van der Waals surface area contributed by atoms with Gasteiger partial charge in [-0.2, -0.15) is 0 Å². The minimum absolute atomic E-state index is 0.0570. The molecule has 0 fully saturated rings. The molecular weight excluding hydrogens is 351 g/mol. The molecule has 0 saturated carbocycles. The lowest BCUT2D eigenvalue weighted by atomic mass is 9.88. The zero-order valence-corrected chi connectivity index (χ0v) is 13.8. The molecule has 0 aliphatic carbocycles. The standard InChI is InChI=1S/C12H18ClIN2O/c1-6-17-9(12(3,4)5)11-15-7(2)8(14)10(13)16-11/h9H,6H2,1-5H3. The molecule has 0 spiro atoms. The van der Waals surface area contributed by atoms with Crippen molar-refractivity contribution in [2.24, 2.45) is 5.41 Å². The zero-order chi connectivity index (χ0) is 13.2. The molecule has 0 amide bonds. The van der Waals surface area contributed by atoms with Crippen molar-refractivity contribution in [1.29, 1.82) is 0 Å². The molecule has 0 N–H and O–H groups in total. The summed E-state index contributed by atoms with van der Waals surface area (Å²) in [5, 5.41) is 0.502. The second-order valence-electron chi connectivity index (χ2n) is 4.97. The number of nitrogens with zero attached hydrogens (tertiary/aromatic N) is 2. The Morgan fingerprint density at radius 1 is 1.35 bits per heavy atom. The van der Waals surface area contributed by atoms with Gasteiger partial charge in [-0.1, -0.05) is 32.4 Å². The van der Waals surface area contributed by atoms with Crippen molar-refractivity contribution in [3.8, 4) is 0 Å². The van der Waals surface area contributed by atoms with Gasteiger partial charge in [0.25, 0.3) is 0 Å². The van der Waals surface area contributed by atoms with Crippen LogP contribution in [0.3, 0.4) is 0 Å². The largest absolute Gasteiger partial charge is 0.370 e. The van der Waals surface area contributed by atoms with Gasteiger partial charge in [0.15, 0.2) is 5.82 Å². The van der Waals surface area contributed by atoms with E-state index in [4.69, 9.17) is 16.3 Å². The molecule has 3 nitrogen and oxygen atoms in total. The molecule has 0 aliphatic rings. The monoisotopic (exact) mass is 368 g/mol. The number of hydrogen-bond acceptors (Lipinski definition) is 3. The highest BCUT2D eigenvalue weighted by Crippen LogP contribution is 2.35. The van der Waals surface area contributed by atoms with Crippen LogP contribution in [0.1, 0.15) is 45.3 Å². The maximum absolute atomic E-state index is 6.10. The third-order valence-corrected chi connectivity index (χ3v) is 4.23. The molecule has 0 bridgehead atoms. The molecule has 1 aromatic rings. The first-order chi connectivity index (χ1) is 7.77. The highest BCUT2D eigenvalue weighted by atomic mass is 127. The van der Waals surface area contributed by atoms with Crippen LogP contribution in [0.5, 0.6) is 0 Å². The van der Waals surface area contributed by atoms with Gasteiger partial charge >= 0.3 is 0 Å². The van der Waals surface area contributed by atoms with Crippen molar-refractivity contribution < 1.29 is 4.74 Å². The molecule has 96 valence electrons. The predicted octanol–water partition coefficient (Wildman–Crippen LogP) is 4.17. The second kappa shape index (κ2) is 5.80. The predicted molar refractivity (Wildman–Crippen MR) is 78.3 cm³/mol. The summed E-state index contributed by atoms with van der Waals surface area (Å²) in [6.45, 7) is 10.9. The minimum atomic E-state index is -0.138. The fourth-order valence-electron chi connectivity index (χ4n) is 1.54. The van der Waals surface area contributed by atoms with Crippen molar-refractivity contribution in [2.75, 3.05) is 6.61 Å². The second-order valence-corrected chi connectivity index (χ2v) is 6.41. The maximum atomic E-state index is 6.10. The Bertz CT molecular complexity index is 381. The van der Waals surface area contributed by atoms with Gasteiger partial charge in [0.2, 0.25) is 0 Å². The van der Waals surface area contributed by atoms with Gasteiger partial charge in [-0.05, 0) is 41.9 Å². The van der Waals surface area contributed by atoms with E-state index in [0.29, 0.717) is 17.6 Å². The van der Waals surface area contributed by atoms with Gasteiger partial charge in [-0.25, -0.2) is 9.97 Å². The number of hydrogen-bond donors (Lipinski definition) is 0. The SMILES string of the molecule is CCOC(c1nc(C)c(I)c(Cl)n1)C(C)(C)C. The molecule has 0 radical (unpaired) electrons. The summed E-state index contributed by atoms with van der Waals surface area (Å²) < 4.78 is 6.66. The van der Waals surface area contributed by atoms with Gasteiger partial charge in [0, 0.05) is 6.61 Å². The van der Waals surface area contributed by atoms with Gasteiger partial charge in [0.1, 0.15) is 11.3 Å². The summed E-state index contributed by atoms with van der Waals surface area (Å²) in [5.74, 6) is 0.669. The van der Waals surface area contributed by atoms with E-state index in [1.165, 1.54) is 0 Å². The fourth-order valence-corrected chi connectivity index (χ4v) is 2.01. The van der Waals surface area contributed by atoms with Gasteiger partial charge in [0.05, 0.1) is 9.26 Å². The van der Waals surface area contributed by atoms with Crippen LogP contribution in [-0.2, 0) is 4.74 Å². The van der Waals surface area contributed by atoms with Crippen LogP contribution in [0, 0.1) is 15.9 Å². The van der Waals surface area contributed by atoms with Crippen LogP contribution in [0.15, 0.2) is 0 Å². The average Bonchev–Trinajstić information content (AvgIpc) is 2.20. The molecule has 0 aromatic carbocycles. The van der Waals surface area contributed by atoms with Crippen molar-refractivity contribution in [3.63, 3.8) is 0 Å². The lowest BCUT2D eigenvalue weighted by Gasteiger charge is -2.29. The van der Waals surface area contributed by atoms with Gasteiger partial charge in [-0.15, -0.1) is 0 Å². The van der Waals surface area contributed by atoms with E-state index in [1.807, 2.05) is 13.8 Å². The lowest BCUT2D eigenvalue weighted by molar-refractivity contribution is -0.0192.